The molecule has 0 fully saturated rings. The van der Waals surface area contributed by atoms with E-state index in [0.29, 0.717) is 13.0 Å². The summed E-state index contributed by atoms with van der Waals surface area (Å²) in [6.45, 7) is 3.76. The third-order valence-electron chi connectivity index (χ3n) is 2.71. The molecule has 0 unspecified atom stereocenters. The minimum Gasteiger partial charge on any atom is -0.463 e. The van der Waals surface area contributed by atoms with Crippen molar-refractivity contribution < 1.29 is 22.5 Å². The fourth-order valence-corrected chi connectivity index (χ4v) is 2.25. The highest BCUT2D eigenvalue weighted by molar-refractivity contribution is 7.85. The van der Waals surface area contributed by atoms with Gasteiger partial charge in [-0.05, 0) is 12.8 Å². The first-order chi connectivity index (χ1) is 8.95. The number of carbonyl (C=O) groups is 1. The standard InChI is InChI=1S/C13H24O5S/c1-2-13(14)18-11-9-7-5-3-4-6-8-10-12-19(15,16)17/h2H,1,3-12H2,(H,15,16,17). The van der Waals surface area contributed by atoms with Crippen molar-refractivity contribution in [3.05, 3.63) is 12.7 Å². The maximum absolute atomic E-state index is 10.7. The molecule has 0 aliphatic heterocycles. The molecular weight excluding hydrogens is 268 g/mol. The van der Waals surface area contributed by atoms with Gasteiger partial charge in [0, 0.05) is 6.08 Å². The molecule has 0 aromatic carbocycles. The quantitative estimate of drug-likeness (QED) is 0.259. The minimum atomic E-state index is -3.79. The number of esters is 1. The highest BCUT2D eigenvalue weighted by Crippen LogP contribution is 2.09. The Bertz CT molecular complexity index is 348. The highest BCUT2D eigenvalue weighted by Gasteiger charge is 2.02. The lowest BCUT2D eigenvalue weighted by molar-refractivity contribution is -0.137. The van der Waals surface area contributed by atoms with Crippen molar-refractivity contribution in [3.8, 4) is 0 Å². The van der Waals surface area contributed by atoms with Crippen molar-refractivity contribution in [2.24, 2.45) is 0 Å². The lowest BCUT2D eigenvalue weighted by Gasteiger charge is -2.03. The van der Waals surface area contributed by atoms with E-state index < -0.39 is 10.1 Å². The van der Waals surface area contributed by atoms with E-state index in [2.05, 4.69) is 6.58 Å². The molecule has 0 spiro atoms. The van der Waals surface area contributed by atoms with Crippen LogP contribution in [0.3, 0.4) is 0 Å². The summed E-state index contributed by atoms with van der Waals surface area (Å²) in [4.78, 5) is 10.7. The zero-order chi connectivity index (χ0) is 14.6. The largest absolute Gasteiger partial charge is 0.463 e. The van der Waals surface area contributed by atoms with E-state index in [1.807, 2.05) is 0 Å². The predicted octanol–water partition coefficient (Wildman–Crippen LogP) is 2.72. The van der Waals surface area contributed by atoms with Crippen molar-refractivity contribution in [1.82, 2.24) is 0 Å². The molecule has 0 saturated carbocycles. The summed E-state index contributed by atoms with van der Waals surface area (Å²) in [5.74, 6) is -0.513. The molecule has 1 N–H and O–H groups in total. The van der Waals surface area contributed by atoms with Gasteiger partial charge in [-0.25, -0.2) is 4.79 Å². The Morgan fingerprint density at radius 3 is 1.95 bits per heavy atom. The molecule has 0 heterocycles. The van der Waals surface area contributed by atoms with E-state index in [-0.39, 0.29) is 11.7 Å². The van der Waals surface area contributed by atoms with Crippen LogP contribution in [0.1, 0.15) is 51.4 Å². The number of hydrogen-bond acceptors (Lipinski definition) is 4. The monoisotopic (exact) mass is 292 g/mol. The Morgan fingerprint density at radius 1 is 1.00 bits per heavy atom. The summed E-state index contributed by atoms with van der Waals surface area (Å²) in [5.41, 5.74) is 0. The van der Waals surface area contributed by atoms with Crippen LogP contribution in [0, 0.1) is 0 Å². The van der Waals surface area contributed by atoms with Gasteiger partial charge in [-0.15, -0.1) is 0 Å². The second-order valence-electron chi connectivity index (χ2n) is 4.49. The first-order valence-corrected chi connectivity index (χ1v) is 8.31. The number of carbonyl (C=O) groups excluding carboxylic acids is 1. The maximum Gasteiger partial charge on any atom is 0.330 e. The van der Waals surface area contributed by atoms with Gasteiger partial charge in [-0.1, -0.05) is 45.1 Å². The van der Waals surface area contributed by atoms with Crippen LogP contribution in [0.15, 0.2) is 12.7 Å². The molecule has 0 radical (unpaired) electrons. The third-order valence-corrected chi connectivity index (χ3v) is 3.51. The van der Waals surface area contributed by atoms with Gasteiger partial charge in [0.15, 0.2) is 0 Å². The molecule has 0 amide bonds. The van der Waals surface area contributed by atoms with Gasteiger partial charge in [0.05, 0.1) is 12.4 Å². The SMILES string of the molecule is C=CC(=O)OCCCCCCCCCCS(=O)(=O)O. The topological polar surface area (TPSA) is 80.7 Å². The summed E-state index contributed by atoms with van der Waals surface area (Å²) in [6, 6.07) is 0. The van der Waals surface area contributed by atoms with Crippen LogP contribution in [0.2, 0.25) is 0 Å². The summed E-state index contributed by atoms with van der Waals surface area (Å²) < 4.78 is 34.3. The summed E-state index contributed by atoms with van der Waals surface area (Å²) in [7, 11) is -3.79. The molecule has 6 heteroatoms. The number of rotatable bonds is 12. The average Bonchev–Trinajstić information content (AvgIpc) is 2.34. The van der Waals surface area contributed by atoms with Gasteiger partial charge in [-0.3, -0.25) is 4.55 Å². The fraction of sp³-hybridized carbons (Fsp3) is 0.769. The Kier molecular flexibility index (Phi) is 10.5. The fourth-order valence-electron chi connectivity index (χ4n) is 1.68. The zero-order valence-electron chi connectivity index (χ0n) is 11.3. The van der Waals surface area contributed by atoms with E-state index in [1.54, 1.807) is 0 Å². The van der Waals surface area contributed by atoms with Gasteiger partial charge in [-0.2, -0.15) is 8.42 Å². The van der Waals surface area contributed by atoms with Gasteiger partial charge >= 0.3 is 5.97 Å². The first-order valence-electron chi connectivity index (χ1n) is 6.70. The van der Waals surface area contributed by atoms with Crippen molar-refractivity contribution in [1.29, 1.82) is 0 Å². The number of hydrogen-bond donors (Lipinski definition) is 1. The van der Waals surface area contributed by atoms with Crippen LogP contribution in [0.5, 0.6) is 0 Å². The van der Waals surface area contributed by atoms with E-state index in [0.717, 1.165) is 51.0 Å². The van der Waals surface area contributed by atoms with Crippen LogP contribution in [-0.2, 0) is 19.6 Å². The number of ether oxygens (including phenoxy) is 1. The Labute approximate surface area is 115 Å². The highest BCUT2D eigenvalue weighted by atomic mass is 32.2. The molecule has 0 atom stereocenters. The predicted molar refractivity (Wildman–Crippen MR) is 74.5 cm³/mol. The Morgan fingerprint density at radius 2 is 1.47 bits per heavy atom. The van der Waals surface area contributed by atoms with Gasteiger partial charge in [0.1, 0.15) is 0 Å². The minimum absolute atomic E-state index is 0.137. The first kappa shape index (κ1) is 18.1. The van der Waals surface area contributed by atoms with Gasteiger partial charge in [0.25, 0.3) is 10.1 Å². The van der Waals surface area contributed by atoms with Crippen molar-refractivity contribution in [3.63, 3.8) is 0 Å². The second-order valence-corrected chi connectivity index (χ2v) is 6.06. The molecule has 19 heavy (non-hydrogen) atoms. The van der Waals surface area contributed by atoms with Crippen LogP contribution in [-0.4, -0.2) is 31.3 Å². The van der Waals surface area contributed by atoms with Crippen molar-refractivity contribution in [2.75, 3.05) is 12.4 Å². The van der Waals surface area contributed by atoms with Crippen molar-refractivity contribution >= 4 is 16.1 Å². The summed E-state index contributed by atoms with van der Waals surface area (Å²) >= 11 is 0. The molecule has 0 saturated heterocycles. The molecule has 112 valence electrons. The van der Waals surface area contributed by atoms with Crippen LogP contribution < -0.4 is 0 Å². The maximum atomic E-state index is 10.7. The smallest absolute Gasteiger partial charge is 0.330 e. The lowest BCUT2D eigenvalue weighted by atomic mass is 10.1. The van der Waals surface area contributed by atoms with E-state index in [9.17, 15) is 13.2 Å². The molecule has 0 aliphatic rings. The lowest BCUT2D eigenvalue weighted by Crippen LogP contribution is -2.03. The zero-order valence-corrected chi connectivity index (χ0v) is 12.2. The Hall–Kier alpha value is -0.880. The molecular formula is C13H24O5S. The molecule has 0 rings (SSSR count). The van der Waals surface area contributed by atoms with E-state index in [4.69, 9.17) is 9.29 Å². The van der Waals surface area contributed by atoms with E-state index >= 15 is 0 Å². The van der Waals surface area contributed by atoms with Gasteiger partial charge in [0.2, 0.25) is 0 Å². The van der Waals surface area contributed by atoms with Gasteiger partial charge < -0.3 is 4.74 Å². The molecule has 0 aromatic heterocycles. The van der Waals surface area contributed by atoms with Crippen molar-refractivity contribution in [2.45, 2.75) is 51.4 Å². The average molecular weight is 292 g/mol. The molecule has 0 bridgehead atoms. The Balaban J connectivity index is 3.15. The van der Waals surface area contributed by atoms with Crippen LogP contribution in [0.4, 0.5) is 0 Å². The number of unbranched alkanes of at least 4 members (excludes halogenated alkanes) is 7. The normalized spacial score (nSPS) is 11.2. The van der Waals surface area contributed by atoms with Crippen LogP contribution >= 0.6 is 0 Å². The molecule has 5 nitrogen and oxygen atoms in total. The third kappa shape index (κ3) is 15.1. The summed E-state index contributed by atoms with van der Waals surface area (Å²) in [6.07, 6.45) is 8.64. The molecule has 0 aliphatic carbocycles. The molecule has 0 aromatic rings. The summed E-state index contributed by atoms with van der Waals surface area (Å²) in [5, 5.41) is 0. The van der Waals surface area contributed by atoms with E-state index in [1.165, 1.54) is 0 Å². The van der Waals surface area contributed by atoms with Crippen LogP contribution in [0.25, 0.3) is 0 Å². The second kappa shape index (κ2) is 11.0.